The average Bonchev–Trinajstić information content (AvgIpc) is 2.72. The summed E-state index contributed by atoms with van der Waals surface area (Å²) in [6.07, 6.45) is 1.15. The summed E-state index contributed by atoms with van der Waals surface area (Å²) < 4.78 is 13.2. The van der Waals surface area contributed by atoms with Gasteiger partial charge in [-0.3, -0.25) is 9.59 Å². The number of hydrogen-bond donors (Lipinski definition) is 2. The molecule has 0 aliphatic heterocycles. The predicted molar refractivity (Wildman–Crippen MR) is 103 cm³/mol. The first kappa shape index (κ1) is 19.6. The Labute approximate surface area is 166 Å². The summed E-state index contributed by atoms with van der Waals surface area (Å²) in [4.78, 5) is 32.3. The van der Waals surface area contributed by atoms with E-state index in [4.69, 9.17) is 5.26 Å². The lowest BCUT2D eigenvalue weighted by atomic mass is 10.1. The summed E-state index contributed by atoms with van der Waals surface area (Å²) in [5.41, 5.74) is 1.98. The van der Waals surface area contributed by atoms with Crippen molar-refractivity contribution in [1.82, 2.24) is 15.3 Å². The third-order valence-electron chi connectivity index (χ3n) is 3.96. The number of benzene rings is 2. The second-order valence-electron chi connectivity index (χ2n) is 6.13. The molecule has 0 atom stereocenters. The maximum atomic E-state index is 13.2. The van der Waals surface area contributed by atoms with Gasteiger partial charge in [-0.2, -0.15) is 5.26 Å². The van der Waals surface area contributed by atoms with Gasteiger partial charge in [0.1, 0.15) is 23.7 Å². The Morgan fingerprint density at radius 2 is 1.83 bits per heavy atom. The fourth-order valence-corrected chi connectivity index (χ4v) is 2.54. The number of halogens is 1. The van der Waals surface area contributed by atoms with Gasteiger partial charge in [0, 0.05) is 12.6 Å². The van der Waals surface area contributed by atoms with Crippen molar-refractivity contribution < 1.29 is 14.0 Å². The van der Waals surface area contributed by atoms with Gasteiger partial charge in [0.2, 0.25) is 5.91 Å². The molecule has 0 spiro atoms. The molecule has 2 amide bonds. The zero-order valence-electron chi connectivity index (χ0n) is 15.2. The molecule has 29 heavy (non-hydrogen) atoms. The number of anilines is 1. The van der Waals surface area contributed by atoms with Crippen molar-refractivity contribution in [3.05, 3.63) is 89.1 Å². The molecule has 0 unspecified atom stereocenters. The third kappa shape index (κ3) is 5.68. The molecule has 1 aromatic heterocycles. The van der Waals surface area contributed by atoms with Crippen LogP contribution in [0.5, 0.6) is 0 Å². The van der Waals surface area contributed by atoms with E-state index in [-0.39, 0.29) is 24.5 Å². The molecule has 2 N–H and O–H groups in total. The second kappa shape index (κ2) is 9.19. The maximum absolute atomic E-state index is 13.2. The molecule has 8 heteroatoms. The topological polar surface area (TPSA) is 108 Å². The summed E-state index contributed by atoms with van der Waals surface area (Å²) in [6, 6.07) is 16.0. The molecule has 7 nitrogen and oxygen atoms in total. The van der Waals surface area contributed by atoms with Crippen LogP contribution in [0.2, 0.25) is 0 Å². The largest absolute Gasteiger partial charge is 0.347 e. The number of rotatable bonds is 6. The van der Waals surface area contributed by atoms with Crippen molar-refractivity contribution in [3.63, 3.8) is 0 Å². The molecule has 0 saturated heterocycles. The molecule has 0 aliphatic carbocycles. The smallest absolute Gasteiger partial charge is 0.270 e. The van der Waals surface area contributed by atoms with Gasteiger partial charge in [0.25, 0.3) is 5.91 Å². The zero-order chi connectivity index (χ0) is 20.6. The van der Waals surface area contributed by atoms with Crippen molar-refractivity contribution in [3.8, 4) is 6.07 Å². The Bertz CT molecular complexity index is 1080. The SMILES string of the molecule is N#Cc1ccc(CNC(=O)c2cc(NC(=O)Cc3cccc(F)c3)ncn2)cc1. The number of carbonyl (C=O) groups excluding carboxylic acids is 2. The number of hydrogen-bond acceptors (Lipinski definition) is 5. The number of nitrogens with one attached hydrogen (secondary N) is 2. The minimum absolute atomic E-state index is 0.0258. The van der Waals surface area contributed by atoms with Crippen LogP contribution in [0.3, 0.4) is 0 Å². The molecule has 0 fully saturated rings. The standard InChI is InChI=1S/C21H16FN5O2/c22-17-3-1-2-16(8-17)9-20(28)27-19-10-18(25-13-26-19)21(29)24-12-15-6-4-14(11-23)5-7-15/h1-8,10,13H,9,12H2,(H,24,29)(H,25,26,27,28). The molecule has 3 rings (SSSR count). The van der Waals surface area contributed by atoms with Gasteiger partial charge in [0.15, 0.2) is 0 Å². The third-order valence-corrected chi connectivity index (χ3v) is 3.96. The minimum Gasteiger partial charge on any atom is -0.347 e. The highest BCUT2D eigenvalue weighted by Gasteiger charge is 2.11. The highest BCUT2D eigenvalue weighted by atomic mass is 19.1. The van der Waals surface area contributed by atoms with Crippen molar-refractivity contribution in [1.29, 1.82) is 5.26 Å². The molecule has 0 saturated carbocycles. The van der Waals surface area contributed by atoms with E-state index in [0.29, 0.717) is 11.1 Å². The van der Waals surface area contributed by atoms with Gasteiger partial charge >= 0.3 is 0 Å². The monoisotopic (exact) mass is 389 g/mol. The first-order chi connectivity index (χ1) is 14.0. The molecule has 3 aromatic rings. The quantitative estimate of drug-likeness (QED) is 0.674. The Morgan fingerprint density at radius 1 is 1.03 bits per heavy atom. The van der Waals surface area contributed by atoms with E-state index in [9.17, 15) is 14.0 Å². The molecule has 0 bridgehead atoms. The van der Waals surface area contributed by atoms with E-state index in [1.165, 1.54) is 30.6 Å². The van der Waals surface area contributed by atoms with Crippen LogP contribution in [0.1, 0.15) is 27.2 Å². The van der Waals surface area contributed by atoms with Gasteiger partial charge in [-0.15, -0.1) is 0 Å². The van der Waals surface area contributed by atoms with Gasteiger partial charge < -0.3 is 10.6 Å². The lowest BCUT2D eigenvalue weighted by molar-refractivity contribution is -0.115. The summed E-state index contributed by atoms with van der Waals surface area (Å²) in [5.74, 6) is -1.07. The average molecular weight is 389 g/mol. The molecule has 144 valence electrons. The van der Waals surface area contributed by atoms with Gasteiger partial charge in [-0.25, -0.2) is 14.4 Å². The van der Waals surface area contributed by atoms with Crippen LogP contribution >= 0.6 is 0 Å². The molecule has 0 radical (unpaired) electrons. The van der Waals surface area contributed by atoms with Crippen LogP contribution < -0.4 is 10.6 Å². The van der Waals surface area contributed by atoms with Gasteiger partial charge in [0.05, 0.1) is 18.1 Å². The minimum atomic E-state index is -0.433. The molecule has 2 aromatic carbocycles. The normalized spacial score (nSPS) is 10.1. The van der Waals surface area contributed by atoms with Crippen LogP contribution in [0.4, 0.5) is 10.2 Å². The van der Waals surface area contributed by atoms with Crippen LogP contribution in [-0.4, -0.2) is 21.8 Å². The molecule has 0 aliphatic rings. The van der Waals surface area contributed by atoms with Gasteiger partial charge in [-0.1, -0.05) is 24.3 Å². The van der Waals surface area contributed by atoms with Crippen molar-refractivity contribution in [2.45, 2.75) is 13.0 Å². The highest BCUT2D eigenvalue weighted by molar-refractivity contribution is 5.95. The van der Waals surface area contributed by atoms with E-state index in [0.717, 1.165) is 5.56 Å². The first-order valence-electron chi connectivity index (χ1n) is 8.67. The second-order valence-corrected chi connectivity index (χ2v) is 6.13. The van der Waals surface area contributed by atoms with E-state index >= 15 is 0 Å². The van der Waals surface area contributed by atoms with E-state index in [2.05, 4.69) is 20.6 Å². The number of carbonyl (C=O) groups is 2. The lowest BCUT2D eigenvalue weighted by Gasteiger charge is -2.07. The predicted octanol–water partition coefficient (Wildman–Crippen LogP) is 2.60. The van der Waals surface area contributed by atoms with Crippen LogP contribution in [0.25, 0.3) is 0 Å². The van der Waals surface area contributed by atoms with Crippen LogP contribution in [-0.2, 0) is 17.8 Å². The summed E-state index contributed by atoms with van der Waals surface area (Å²) in [6.45, 7) is 0.260. The first-order valence-corrected chi connectivity index (χ1v) is 8.67. The molecular weight excluding hydrogens is 373 g/mol. The number of aromatic nitrogens is 2. The fourth-order valence-electron chi connectivity index (χ4n) is 2.54. The number of nitrogens with zero attached hydrogens (tertiary/aromatic N) is 3. The van der Waals surface area contributed by atoms with E-state index < -0.39 is 17.6 Å². The van der Waals surface area contributed by atoms with Crippen molar-refractivity contribution in [2.75, 3.05) is 5.32 Å². The van der Waals surface area contributed by atoms with Crippen LogP contribution in [0, 0.1) is 17.1 Å². The lowest BCUT2D eigenvalue weighted by Crippen LogP contribution is -2.24. The summed E-state index contributed by atoms with van der Waals surface area (Å²) >= 11 is 0. The zero-order valence-corrected chi connectivity index (χ0v) is 15.2. The highest BCUT2D eigenvalue weighted by Crippen LogP contribution is 2.09. The molecule has 1 heterocycles. The Balaban J connectivity index is 1.58. The van der Waals surface area contributed by atoms with Gasteiger partial charge in [-0.05, 0) is 35.4 Å². The Morgan fingerprint density at radius 3 is 2.55 bits per heavy atom. The van der Waals surface area contributed by atoms with Crippen LogP contribution in [0.15, 0.2) is 60.9 Å². The maximum Gasteiger partial charge on any atom is 0.270 e. The fraction of sp³-hybridized carbons (Fsp3) is 0.0952. The molecular formula is C21H16FN5O2. The number of amides is 2. The van der Waals surface area contributed by atoms with E-state index in [1.54, 1.807) is 30.3 Å². The summed E-state index contributed by atoms with van der Waals surface area (Å²) in [7, 11) is 0. The van der Waals surface area contributed by atoms with Crippen molar-refractivity contribution >= 4 is 17.6 Å². The summed E-state index contributed by atoms with van der Waals surface area (Å²) in [5, 5.41) is 14.1. The van der Waals surface area contributed by atoms with E-state index in [1.807, 2.05) is 6.07 Å². The Hall–Kier alpha value is -4.12. The number of nitriles is 1. The Kier molecular flexibility index (Phi) is 6.22. The van der Waals surface area contributed by atoms with Crippen molar-refractivity contribution in [2.24, 2.45) is 0 Å².